The van der Waals surface area contributed by atoms with Crippen LogP contribution in [0.25, 0.3) is 0 Å². The van der Waals surface area contributed by atoms with Gasteiger partial charge in [-0.1, -0.05) is 26.7 Å². The van der Waals surface area contributed by atoms with E-state index in [1.807, 2.05) is 6.92 Å². The maximum Gasteiger partial charge on any atom is 0.306 e. The molecule has 104 valence electrons. The van der Waals surface area contributed by atoms with Crippen molar-refractivity contribution in [1.29, 1.82) is 0 Å². The van der Waals surface area contributed by atoms with E-state index in [1.54, 1.807) is 0 Å². The lowest BCUT2D eigenvalue weighted by atomic mass is 9.90. The zero-order valence-corrected chi connectivity index (χ0v) is 11.4. The van der Waals surface area contributed by atoms with Gasteiger partial charge < -0.3 is 9.84 Å². The standard InChI is InChI=1S/C14H24O4/c1-3-4-5-6-12(16)11(9-15)8-13-10(2)7-14(17)18-13/h10-11,13,15H,3-9H2,1-2H3/t10-,11?,13+/m1/s1. The summed E-state index contributed by atoms with van der Waals surface area (Å²) in [7, 11) is 0. The number of unbranched alkanes of at least 4 members (excludes halogenated alkanes) is 2. The van der Waals surface area contributed by atoms with Crippen molar-refractivity contribution in [3.63, 3.8) is 0 Å². The van der Waals surface area contributed by atoms with Gasteiger partial charge in [-0.15, -0.1) is 0 Å². The topological polar surface area (TPSA) is 63.6 Å². The minimum Gasteiger partial charge on any atom is -0.462 e. The molecule has 3 atom stereocenters. The van der Waals surface area contributed by atoms with Gasteiger partial charge in [0.25, 0.3) is 0 Å². The van der Waals surface area contributed by atoms with Crippen molar-refractivity contribution in [3.05, 3.63) is 0 Å². The third-order valence-electron chi connectivity index (χ3n) is 3.63. The van der Waals surface area contributed by atoms with Crippen molar-refractivity contribution in [2.75, 3.05) is 6.61 Å². The highest BCUT2D eigenvalue weighted by molar-refractivity contribution is 5.81. The Kier molecular flexibility index (Phi) is 6.33. The number of carbonyl (C=O) groups excluding carboxylic acids is 2. The van der Waals surface area contributed by atoms with Crippen molar-refractivity contribution >= 4 is 11.8 Å². The van der Waals surface area contributed by atoms with Crippen LogP contribution in [0, 0.1) is 11.8 Å². The summed E-state index contributed by atoms with van der Waals surface area (Å²) in [6.45, 7) is 3.89. The number of Topliss-reactive ketones (excluding diaryl/α,β-unsaturated/α-hetero) is 1. The first kappa shape index (κ1) is 15.2. The molecule has 4 nitrogen and oxygen atoms in total. The average Bonchev–Trinajstić information content (AvgIpc) is 2.64. The third kappa shape index (κ3) is 4.41. The molecule has 1 rings (SSSR count). The Balaban J connectivity index is 2.41. The number of ether oxygens (including phenoxy) is 1. The van der Waals surface area contributed by atoms with Gasteiger partial charge in [0.15, 0.2) is 0 Å². The molecule has 0 aromatic heterocycles. The first-order chi connectivity index (χ1) is 8.58. The van der Waals surface area contributed by atoms with E-state index in [0.717, 1.165) is 19.3 Å². The van der Waals surface area contributed by atoms with E-state index in [9.17, 15) is 14.7 Å². The molecule has 1 saturated heterocycles. The normalized spacial score (nSPS) is 24.9. The van der Waals surface area contributed by atoms with Crippen LogP contribution in [0.4, 0.5) is 0 Å². The molecule has 4 heteroatoms. The van der Waals surface area contributed by atoms with E-state index in [2.05, 4.69) is 6.92 Å². The Labute approximate surface area is 109 Å². The number of aliphatic hydroxyl groups is 1. The molecule has 0 aromatic rings. The van der Waals surface area contributed by atoms with Gasteiger partial charge in [0, 0.05) is 18.3 Å². The second kappa shape index (κ2) is 7.52. The van der Waals surface area contributed by atoms with Gasteiger partial charge in [0.2, 0.25) is 0 Å². The smallest absolute Gasteiger partial charge is 0.306 e. The lowest BCUT2D eigenvalue weighted by Gasteiger charge is -2.19. The quantitative estimate of drug-likeness (QED) is 0.533. The number of rotatable bonds is 8. The predicted octanol–water partition coefficient (Wildman–Crippen LogP) is 2.09. The lowest BCUT2D eigenvalue weighted by Crippen LogP contribution is -2.26. The van der Waals surface area contributed by atoms with Gasteiger partial charge in [-0.05, 0) is 12.8 Å². The fourth-order valence-electron chi connectivity index (χ4n) is 2.35. The van der Waals surface area contributed by atoms with Gasteiger partial charge in [-0.3, -0.25) is 9.59 Å². The molecule has 0 aromatic carbocycles. The highest BCUT2D eigenvalue weighted by atomic mass is 16.5. The van der Waals surface area contributed by atoms with Gasteiger partial charge in [-0.2, -0.15) is 0 Å². The summed E-state index contributed by atoms with van der Waals surface area (Å²) < 4.78 is 5.18. The van der Waals surface area contributed by atoms with Crippen molar-refractivity contribution in [2.45, 2.75) is 58.5 Å². The molecule has 0 bridgehead atoms. The summed E-state index contributed by atoms with van der Waals surface area (Å²) in [4.78, 5) is 23.1. The van der Waals surface area contributed by atoms with Crippen LogP contribution in [0.3, 0.4) is 0 Å². The molecular weight excluding hydrogens is 232 g/mol. The maximum atomic E-state index is 11.9. The molecule has 0 radical (unpaired) electrons. The zero-order valence-electron chi connectivity index (χ0n) is 11.4. The first-order valence-electron chi connectivity index (χ1n) is 6.91. The Morgan fingerprint density at radius 2 is 2.22 bits per heavy atom. The summed E-state index contributed by atoms with van der Waals surface area (Å²) in [5.41, 5.74) is 0. The second-order valence-electron chi connectivity index (χ2n) is 5.25. The van der Waals surface area contributed by atoms with E-state index in [4.69, 9.17) is 4.74 Å². The largest absolute Gasteiger partial charge is 0.462 e. The molecular formula is C14H24O4. The number of hydrogen-bond acceptors (Lipinski definition) is 4. The van der Waals surface area contributed by atoms with Crippen LogP contribution in [0.15, 0.2) is 0 Å². The molecule has 0 saturated carbocycles. The summed E-state index contributed by atoms with van der Waals surface area (Å²) in [6.07, 6.45) is 4.21. The Hall–Kier alpha value is -0.900. The van der Waals surface area contributed by atoms with E-state index in [1.165, 1.54) is 0 Å². The molecule has 1 aliphatic rings. The van der Waals surface area contributed by atoms with Crippen LogP contribution in [0.5, 0.6) is 0 Å². The summed E-state index contributed by atoms with van der Waals surface area (Å²) in [6, 6.07) is 0. The van der Waals surface area contributed by atoms with Gasteiger partial charge in [-0.25, -0.2) is 0 Å². The van der Waals surface area contributed by atoms with Crippen molar-refractivity contribution < 1.29 is 19.4 Å². The second-order valence-corrected chi connectivity index (χ2v) is 5.25. The first-order valence-corrected chi connectivity index (χ1v) is 6.91. The molecule has 1 unspecified atom stereocenters. The van der Waals surface area contributed by atoms with E-state index in [-0.39, 0.29) is 36.3 Å². The van der Waals surface area contributed by atoms with E-state index < -0.39 is 0 Å². The number of hydrogen-bond donors (Lipinski definition) is 1. The Morgan fingerprint density at radius 1 is 1.50 bits per heavy atom. The van der Waals surface area contributed by atoms with E-state index in [0.29, 0.717) is 19.3 Å². The van der Waals surface area contributed by atoms with Crippen LogP contribution in [0.2, 0.25) is 0 Å². The molecule has 18 heavy (non-hydrogen) atoms. The van der Waals surface area contributed by atoms with Crippen molar-refractivity contribution in [2.24, 2.45) is 11.8 Å². The zero-order chi connectivity index (χ0) is 13.5. The third-order valence-corrected chi connectivity index (χ3v) is 3.63. The van der Waals surface area contributed by atoms with Gasteiger partial charge in [0.05, 0.1) is 13.0 Å². The summed E-state index contributed by atoms with van der Waals surface area (Å²) in [5, 5.41) is 9.30. The molecule has 0 aliphatic carbocycles. The monoisotopic (exact) mass is 256 g/mol. The lowest BCUT2D eigenvalue weighted by molar-refractivity contribution is -0.143. The Bertz CT molecular complexity index is 288. The molecule has 1 heterocycles. The predicted molar refractivity (Wildman–Crippen MR) is 68.0 cm³/mol. The van der Waals surface area contributed by atoms with Gasteiger partial charge in [0.1, 0.15) is 11.9 Å². The highest BCUT2D eigenvalue weighted by Gasteiger charge is 2.34. The van der Waals surface area contributed by atoms with Crippen molar-refractivity contribution in [1.82, 2.24) is 0 Å². The van der Waals surface area contributed by atoms with Crippen LogP contribution < -0.4 is 0 Å². The van der Waals surface area contributed by atoms with Gasteiger partial charge >= 0.3 is 5.97 Å². The SMILES string of the molecule is CCCCCC(=O)C(CO)C[C@@H]1OC(=O)C[C@H]1C. The van der Waals surface area contributed by atoms with Crippen molar-refractivity contribution in [3.8, 4) is 0 Å². The van der Waals surface area contributed by atoms with E-state index >= 15 is 0 Å². The molecule has 1 fully saturated rings. The van der Waals surface area contributed by atoms with Crippen LogP contribution in [-0.2, 0) is 14.3 Å². The molecule has 1 N–H and O–H groups in total. The molecule has 0 spiro atoms. The number of ketones is 1. The molecule has 0 amide bonds. The summed E-state index contributed by atoms with van der Waals surface area (Å²) in [5.74, 6) is -0.320. The van der Waals surface area contributed by atoms with Crippen LogP contribution in [-0.4, -0.2) is 29.6 Å². The fraction of sp³-hybridized carbons (Fsp3) is 0.857. The fourth-order valence-corrected chi connectivity index (χ4v) is 2.35. The number of carbonyl (C=O) groups is 2. The number of cyclic esters (lactones) is 1. The Morgan fingerprint density at radius 3 is 2.72 bits per heavy atom. The molecule has 1 aliphatic heterocycles. The maximum absolute atomic E-state index is 11.9. The minimum atomic E-state index is -0.375. The van der Waals surface area contributed by atoms with Crippen LogP contribution >= 0.6 is 0 Å². The number of esters is 1. The highest BCUT2D eigenvalue weighted by Crippen LogP contribution is 2.27. The summed E-state index contributed by atoms with van der Waals surface area (Å²) >= 11 is 0. The average molecular weight is 256 g/mol. The van der Waals surface area contributed by atoms with Crippen LogP contribution in [0.1, 0.15) is 52.4 Å². The minimum absolute atomic E-state index is 0.0982. The number of aliphatic hydroxyl groups excluding tert-OH is 1.